The number of rotatable bonds is 5. The van der Waals surface area contributed by atoms with Crippen molar-refractivity contribution in [2.75, 3.05) is 16.3 Å². The van der Waals surface area contributed by atoms with E-state index in [1.807, 2.05) is 18.4 Å². The number of anilines is 2. The highest BCUT2D eigenvalue weighted by Gasteiger charge is 2.20. The maximum atomic E-state index is 12.8. The smallest absolute Gasteiger partial charge is 0.262 e. The number of hydrogen-bond acceptors (Lipinski definition) is 4. The van der Waals surface area contributed by atoms with Gasteiger partial charge in [-0.3, -0.25) is 9.52 Å². The summed E-state index contributed by atoms with van der Waals surface area (Å²) < 4.78 is 28.2. The quantitative estimate of drug-likeness (QED) is 0.792. The second-order valence-electron chi connectivity index (χ2n) is 5.46. The second kappa shape index (κ2) is 7.27. The SMILES string of the molecule is CSc1cccc(NS(=O)(=O)c2c(C)cc(NC(C)=O)cc2C)c1. The third-order valence-corrected chi connectivity index (χ3v) is 5.78. The maximum absolute atomic E-state index is 12.8. The first kappa shape index (κ1) is 18.4. The molecule has 0 bridgehead atoms. The molecule has 7 heteroatoms. The van der Waals surface area contributed by atoms with Crippen molar-refractivity contribution in [3.8, 4) is 0 Å². The standard InChI is InChI=1S/C17H20N2O3S2/c1-11-8-15(18-13(3)20)9-12(2)17(11)24(21,22)19-14-6-5-7-16(10-14)23-4/h5-10,19H,1-4H3,(H,18,20). The Bertz CT molecular complexity index is 854. The van der Waals surface area contributed by atoms with Crippen LogP contribution in [0.5, 0.6) is 0 Å². The Hall–Kier alpha value is -1.99. The number of carbonyl (C=O) groups excluding carboxylic acids is 1. The minimum atomic E-state index is -3.72. The number of amides is 1. The van der Waals surface area contributed by atoms with E-state index in [4.69, 9.17) is 0 Å². The maximum Gasteiger partial charge on any atom is 0.262 e. The van der Waals surface area contributed by atoms with Crippen molar-refractivity contribution < 1.29 is 13.2 Å². The summed E-state index contributed by atoms with van der Waals surface area (Å²) >= 11 is 1.54. The average Bonchev–Trinajstić information content (AvgIpc) is 2.44. The summed E-state index contributed by atoms with van der Waals surface area (Å²) in [5.74, 6) is -0.198. The lowest BCUT2D eigenvalue weighted by atomic mass is 10.1. The zero-order chi connectivity index (χ0) is 17.9. The molecular weight excluding hydrogens is 344 g/mol. The Balaban J connectivity index is 2.40. The Kier molecular flexibility index (Phi) is 5.56. The van der Waals surface area contributed by atoms with E-state index in [2.05, 4.69) is 10.0 Å². The molecule has 0 aromatic heterocycles. The van der Waals surface area contributed by atoms with Crippen molar-refractivity contribution in [3.05, 3.63) is 47.5 Å². The van der Waals surface area contributed by atoms with Crippen molar-refractivity contribution in [2.45, 2.75) is 30.6 Å². The van der Waals surface area contributed by atoms with Gasteiger partial charge in [-0.15, -0.1) is 11.8 Å². The molecule has 1 amide bonds. The van der Waals surface area contributed by atoms with Gasteiger partial charge < -0.3 is 5.32 Å². The molecule has 0 saturated heterocycles. The van der Waals surface area contributed by atoms with Crippen LogP contribution in [0, 0.1) is 13.8 Å². The highest BCUT2D eigenvalue weighted by atomic mass is 32.2. The van der Waals surface area contributed by atoms with E-state index in [0.29, 0.717) is 22.5 Å². The van der Waals surface area contributed by atoms with Crippen LogP contribution in [0.4, 0.5) is 11.4 Å². The Labute approximate surface area is 146 Å². The lowest BCUT2D eigenvalue weighted by Gasteiger charge is -2.15. The number of aryl methyl sites for hydroxylation is 2. The topological polar surface area (TPSA) is 75.3 Å². The van der Waals surface area contributed by atoms with E-state index >= 15 is 0 Å². The molecule has 2 N–H and O–H groups in total. The number of nitrogens with one attached hydrogen (secondary N) is 2. The molecular formula is C17H20N2O3S2. The largest absolute Gasteiger partial charge is 0.326 e. The molecule has 128 valence electrons. The highest BCUT2D eigenvalue weighted by molar-refractivity contribution is 7.98. The first-order valence-electron chi connectivity index (χ1n) is 7.28. The fourth-order valence-corrected chi connectivity index (χ4v) is 4.51. The highest BCUT2D eigenvalue weighted by Crippen LogP contribution is 2.27. The summed E-state index contributed by atoms with van der Waals surface area (Å²) in [6.07, 6.45) is 1.93. The fourth-order valence-electron chi connectivity index (χ4n) is 2.54. The molecule has 2 aromatic rings. The third-order valence-electron chi connectivity index (χ3n) is 3.37. The minimum Gasteiger partial charge on any atom is -0.326 e. The average molecular weight is 364 g/mol. The molecule has 0 saturated carbocycles. The van der Waals surface area contributed by atoms with E-state index < -0.39 is 10.0 Å². The summed E-state index contributed by atoms with van der Waals surface area (Å²) in [6.45, 7) is 4.84. The van der Waals surface area contributed by atoms with Crippen LogP contribution in [0.3, 0.4) is 0 Å². The predicted octanol–water partition coefficient (Wildman–Crippen LogP) is 3.78. The van der Waals surface area contributed by atoms with Gasteiger partial charge in [0.1, 0.15) is 0 Å². The number of hydrogen-bond donors (Lipinski definition) is 2. The van der Waals surface area contributed by atoms with Gasteiger partial charge in [0, 0.05) is 23.2 Å². The molecule has 0 heterocycles. The van der Waals surface area contributed by atoms with E-state index in [1.165, 1.54) is 6.92 Å². The molecule has 0 fully saturated rings. The van der Waals surface area contributed by atoms with Gasteiger partial charge in [-0.1, -0.05) is 6.07 Å². The van der Waals surface area contributed by atoms with Crippen LogP contribution in [-0.2, 0) is 14.8 Å². The van der Waals surface area contributed by atoms with Crippen LogP contribution in [0.15, 0.2) is 46.2 Å². The van der Waals surface area contributed by atoms with E-state index in [0.717, 1.165) is 4.90 Å². The molecule has 2 rings (SSSR count). The van der Waals surface area contributed by atoms with Gasteiger partial charge in [0.2, 0.25) is 5.91 Å². The monoisotopic (exact) mass is 364 g/mol. The number of thioether (sulfide) groups is 1. The Morgan fingerprint density at radius 1 is 1.04 bits per heavy atom. The zero-order valence-corrected chi connectivity index (χ0v) is 15.6. The predicted molar refractivity (Wildman–Crippen MR) is 99.3 cm³/mol. The molecule has 2 aromatic carbocycles. The van der Waals surface area contributed by atoms with Gasteiger partial charge in [0.05, 0.1) is 4.90 Å². The third kappa shape index (κ3) is 4.30. The van der Waals surface area contributed by atoms with Crippen LogP contribution in [0.1, 0.15) is 18.1 Å². The molecule has 24 heavy (non-hydrogen) atoms. The van der Waals surface area contributed by atoms with Gasteiger partial charge in [0.25, 0.3) is 10.0 Å². The van der Waals surface area contributed by atoms with E-state index in [-0.39, 0.29) is 10.8 Å². The van der Waals surface area contributed by atoms with Crippen molar-refractivity contribution in [2.24, 2.45) is 0 Å². The van der Waals surface area contributed by atoms with Gasteiger partial charge in [-0.2, -0.15) is 0 Å². The van der Waals surface area contributed by atoms with Crippen LogP contribution < -0.4 is 10.0 Å². The van der Waals surface area contributed by atoms with Gasteiger partial charge in [-0.25, -0.2) is 8.42 Å². The van der Waals surface area contributed by atoms with E-state index in [1.54, 1.807) is 49.9 Å². The van der Waals surface area contributed by atoms with Crippen LogP contribution >= 0.6 is 11.8 Å². The summed E-state index contributed by atoms with van der Waals surface area (Å²) in [6, 6.07) is 10.5. The number of benzene rings is 2. The van der Waals surface area contributed by atoms with Crippen LogP contribution in [0.25, 0.3) is 0 Å². The summed E-state index contributed by atoms with van der Waals surface area (Å²) in [7, 11) is -3.72. The van der Waals surface area contributed by atoms with E-state index in [9.17, 15) is 13.2 Å². The number of sulfonamides is 1. The lowest BCUT2D eigenvalue weighted by Crippen LogP contribution is -2.16. The van der Waals surface area contributed by atoms with Crippen LogP contribution in [-0.4, -0.2) is 20.6 Å². The fraction of sp³-hybridized carbons (Fsp3) is 0.235. The number of carbonyl (C=O) groups is 1. The van der Waals surface area contributed by atoms with Gasteiger partial charge in [-0.05, 0) is 61.6 Å². The van der Waals surface area contributed by atoms with Gasteiger partial charge >= 0.3 is 0 Å². The minimum absolute atomic E-state index is 0.198. The first-order valence-corrected chi connectivity index (χ1v) is 9.99. The lowest BCUT2D eigenvalue weighted by molar-refractivity contribution is -0.114. The van der Waals surface area contributed by atoms with Crippen molar-refractivity contribution in [1.29, 1.82) is 0 Å². The molecule has 0 radical (unpaired) electrons. The summed E-state index contributed by atoms with van der Waals surface area (Å²) in [5, 5.41) is 2.67. The van der Waals surface area contributed by atoms with Crippen molar-refractivity contribution in [1.82, 2.24) is 0 Å². The first-order chi connectivity index (χ1) is 11.2. The molecule has 0 atom stereocenters. The molecule has 0 aliphatic heterocycles. The normalized spacial score (nSPS) is 11.2. The van der Waals surface area contributed by atoms with Crippen molar-refractivity contribution >= 4 is 39.1 Å². The second-order valence-corrected chi connectivity index (χ2v) is 7.96. The molecule has 0 spiro atoms. The summed E-state index contributed by atoms with van der Waals surface area (Å²) in [4.78, 5) is 12.4. The molecule has 0 aliphatic rings. The van der Waals surface area contributed by atoms with Crippen LogP contribution in [0.2, 0.25) is 0 Å². The van der Waals surface area contributed by atoms with Crippen molar-refractivity contribution in [3.63, 3.8) is 0 Å². The van der Waals surface area contributed by atoms with Gasteiger partial charge in [0.15, 0.2) is 0 Å². The summed E-state index contributed by atoms with van der Waals surface area (Å²) in [5.41, 5.74) is 2.26. The Morgan fingerprint density at radius 3 is 2.21 bits per heavy atom. The zero-order valence-electron chi connectivity index (χ0n) is 14.0. The Morgan fingerprint density at radius 2 is 1.67 bits per heavy atom. The molecule has 0 aliphatic carbocycles. The molecule has 5 nitrogen and oxygen atoms in total. The molecule has 0 unspecified atom stereocenters.